The van der Waals surface area contributed by atoms with Crippen molar-refractivity contribution in [3.05, 3.63) is 95.7 Å². The quantitative estimate of drug-likeness (QED) is 0.448. The summed E-state index contributed by atoms with van der Waals surface area (Å²) in [5, 5.41) is 3.74. The summed E-state index contributed by atoms with van der Waals surface area (Å²) < 4.78 is 5.56. The van der Waals surface area contributed by atoms with E-state index < -0.39 is 12.1 Å². The lowest BCUT2D eigenvalue weighted by Gasteiger charge is -2.16. The Bertz CT molecular complexity index is 1210. The molecule has 1 aliphatic rings. The van der Waals surface area contributed by atoms with Crippen LogP contribution in [0.1, 0.15) is 22.6 Å². The number of amides is 1. The molecule has 2 N–H and O–H groups in total. The van der Waals surface area contributed by atoms with Gasteiger partial charge in [0.05, 0.1) is 6.04 Å². The third-order valence-corrected chi connectivity index (χ3v) is 5.93. The third-order valence-electron chi connectivity index (χ3n) is 5.93. The van der Waals surface area contributed by atoms with Crippen molar-refractivity contribution in [3.8, 4) is 11.1 Å². The fraction of sp³-hybridized carbons (Fsp3) is 0.154. The number of carbonyl (C=O) groups is 2. The number of benzene rings is 3. The number of aromatic amines is 1. The van der Waals surface area contributed by atoms with E-state index >= 15 is 0 Å². The summed E-state index contributed by atoms with van der Waals surface area (Å²) in [7, 11) is 0. The maximum Gasteiger partial charge on any atom is 0.407 e. The molecule has 3 aromatic carbocycles. The summed E-state index contributed by atoms with van der Waals surface area (Å²) in [5.41, 5.74) is 6.65. The Kier molecular flexibility index (Phi) is 5.00. The smallest absolute Gasteiger partial charge is 0.407 e. The number of alkyl carbamates (subject to hydrolysis) is 1. The topological polar surface area (TPSA) is 71.2 Å². The van der Waals surface area contributed by atoms with Crippen LogP contribution in [-0.2, 0) is 16.0 Å². The summed E-state index contributed by atoms with van der Waals surface area (Å²) in [6.45, 7) is 0.221. The van der Waals surface area contributed by atoms with Crippen LogP contribution in [0.2, 0.25) is 0 Å². The zero-order valence-corrected chi connectivity index (χ0v) is 16.9. The van der Waals surface area contributed by atoms with Crippen LogP contribution in [0.25, 0.3) is 22.0 Å². The molecular formula is C26H22N2O3. The maximum absolute atomic E-state index is 12.5. The predicted octanol–water partition coefficient (Wildman–Crippen LogP) is 4.82. The van der Waals surface area contributed by atoms with Crippen molar-refractivity contribution in [3.63, 3.8) is 0 Å². The van der Waals surface area contributed by atoms with Crippen molar-refractivity contribution in [1.29, 1.82) is 0 Å². The number of rotatable bonds is 6. The minimum atomic E-state index is -0.658. The van der Waals surface area contributed by atoms with E-state index in [1.54, 1.807) is 0 Å². The van der Waals surface area contributed by atoms with Crippen molar-refractivity contribution in [2.24, 2.45) is 0 Å². The molecule has 5 nitrogen and oxygen atoms in total. The number of aldehydes is 1. The molecule has 5 rings (SSSR count). The molecule has 0 saturated heterocycles. The molecule has 0 aliphatic heterocycles. The first-order valence-corrected chi connectivity index (χ1v) is 10.4. The number of ether oxygens (including phenoxy) is 1. The van der Waals surface area contributed by atoms with Crippen LogP contribution in [0.3, 0.4) is 0 Å². The Morgan fingerprint density at radius 3 is 2.32 bits per heavy atom. The van der Waals surface area contributed by atoms with Gasteiger partial charge in [-0.05, 0) is 33.9 Å². The van der Waals surface area contributed by atoms with Gasteiger partial charge in [-0.15, -0.1) is 0 Å². The molecule has 1 aromatic heterocycles. The van der Waals surface area contributed by atoms with Crippen LogP contribution in [0.5, 0.6) is 0 Å². The number of hydrogen-bond acceptors (Lipinski definition) is 3. The first kappa shape index (κ1) is 19.1. The molecule has 1 atom stereocenters. The second kappa shape index (κ2) is 8.11. The molecule has 154 valence electrons. The summed E-state index contributed by atoms with van der Waals surface area (Å²) in [6, 6.07) is 23.6. The Morgan fingerprint density at radius 2 is 1.61 bits per heavy atom. The largest absolute Gasteiger partial charge is 0.449 e. The number of carbonyl (C=O) groups excluding carboxylic acids is 2. The molecule has 4 aromatic rings. The first-order valence-electron chi connectivity index (χ1n) is 10.4. The normalized spacial score (nSPS) is 13.4. The number of fused-ring (bicyclic) bond motifs is 4. The van der Waals surface area contributed by atoms with Gasteiger partial charge < -0.3 is 19.8 Å². The van der Waals surface area contributed by atoms with Gasteiger partial charge in [-0.25, -0.2) is 4.79 Å². The van der Waals surface area contributed by atoms with Crippen LogP contribution in [-0.4, -0.2) is 30.0 Å². The highest BCUT2D eigenvalue weighted by Gasteiger charge is 2.29. The molecule has 0 bridgehead atoms. The van der Waals surface area contributed by atoms with Crippen LogP contribution in [0.4, 0.5) is 4.79 Å². The lowest BCUT2D eigenvalue weighted by atomic mass is 9.98. The molecule has 1 amide bonds. The predicted molar refractivity (Wildman–Crippen MR) is 120 cm³/mol. The van der Waals surface area contributed by atoms with Gasteiger partial charge in [-0.3, -0.25) is 0 Å². The van der Waals surface area contributed by atoms with Gasteiger partial charge in [0.25, 0.3) is 0 Å². The second-order valence-electron chi connectivity index (χ2n) is 7.78. The Morgan fingerprint density at radius 1 is 0.968 bits per heavy atom. The van der Waals surface area contributed by atoms with Gasteiger partial charge in [0, 0.05) is 29.4 Å². The zero-order valence-electron chi connectivity index (χ0n) is 16.9. The Labute approximate surface area is 180 Å². The second-order valence-corrected chi connectivity index (χ2v) is 7.78. The molecule has 0 unspecified atom stereocenters. The third kappa shape index (κ3) is 3.59. The Balaban J connectivity index is 1.26. The summed E-state index contributed by atoms with van der Waals surface area (Å²) in [5.74, 6) is -0.0125. The van der Waals surface area contributed by atoms with E-state index in [4.69, 9.17) is 4.74 Å². The molecular weight excluding hydrogens is 388 g/mol. The molecule has 1 aliphatic carbocycles. The minimum absolute atomic E-state index is 0.0125. The van der Waals surface area contributed by atoms with Crippen molar-refractivity contribution >= 4 is 23.3 Å². The molecule has 0 saturated carbocycles. The minimum Gasteiger partial charge on any atom is -0.449 e. The SMILES string of the molecule is O=C[C@H](Cc1c[nH]c2ccccc12)NC(=O)OCC1c2ccccc2-c2ccccc21. The van der Waals surface area contributed by atoms with E-state index in [-0.39, 0.29) is 12.5 Å². The first-order chi connectivity index (χ1) is 15.2. The van der Waals surface area contributed by atoms with Crippen LogP contribution >= 0.6 is 0 Å². The standard InChI is InChI=1S/C26H22N2O3/c29-15-18(13-17-14-27-25-12-6-5-7-19(17)25)28-26(30)31-16-24-22-10-3-1-8-20(22)21-9-2-4-11-23(21)24/h1-12,14-15,18,24,27H,13,16H2,(H,28,30)/t18-/m0/s1. The van der Waals surface area contributed by atoms with Gasteiger partial charge in [0.15, 0.2) is 0 Å². The number of para-hydroxylation sites is 1. The van der Waals surface area contributed by atoms with Gasteiger partial charge in [-0.1, -0.05) is 66.7 Å². The average molecular weight is 410 g/mol. The highest BCUT2D eigenvalue weighted by molar-refractivity contribution is 5.84. The van der Waals surface area contributed by atoms with E-state index in [0.717, 1.165) is 33.9 Å². The highest BCUT2D eigenvalue weighted by Crippen LogP contribution is 2.44. The van der Waals surface area contributed by atoms with E-state index in [1.165, 1.54) is 11.1 Å². The average Bonchev–Trinajstić information content (AvgIpc) is 3.36. The van der Waals surface area contributed by atoms with Gasteiger partial charge >= 0.3 is 6.09 Å². The number of H-pyrrole nitrogens is 1. The van der Waals surface area contributed by atoms with Gasteiger partial charge in [-0.2, -0.15) is 0 Å². The van der Waals surface area contributed by atoms with Crippen molar-refractivity contribution in [1.82, 2.24) is 10.3 Å². The van der Waals surface area contributed by atoms with Gasteiger partial charge in [0.2, 0.25) is 0 Å². The van der Waals surface area contributed by atoms with E-state index in [0.29, 0.717) is 6.42 Å². The van der Waals surface area contributed by atoms with Crippen molar-refractivity contribution in [2.45, 2.75) is 18.4 Å². The van der Waals surface area contributed by atoms with E-state index in [2.05, 4.69) is 34.6 Å². The van der Waals surface area contributed by atoms with Crippen LogP contribution in [0, 0.1) is 0 Å². The lowest BCUT2D eigenvalue weighted by Crippen LogP contribution is -2.38. The zero-order chi connectivity index (χ0) is 21.2. The fourth-order valence-corrected chi connectivity index (χ4v) is 4.46. The monoisotopic (exact) mass is 410 g/mol. The van der Waals surface area contributed by atoms with Crippen molar-refractivity contribution in [2.75, 3.05) is 6.61 Å². The summed E-state index contributed by atoms with van der Waals surface area (Å²) in [6.07, 6.45) is 2.44. The Hall–Kier alpha value is -3.86. The number of nitrogens with one attached hydrogen (secondary N) is 2. The van der Waals surface area contributed by atoms with E-state index in [1.807, 2.05) is 54.7 Å². The van der Waals surface area contributed by atoms with E-state index in [9.17, 15) is 9.59 Å². The molecule has 0 spiro atoms. The molecule has 31 heavy (non-hydrogen) atoms. The summed E-state index contributed by atoms with van der Waals surface area (Å²) in [4.78, 5) is 27.3. The highest BCUT2D eigenvalue weighted by atomic mass is 16.5. The number of hydrogen-bond donors (Lipinski definition) is 2. The molecule has 0 fully saturated rings. The maximum atomic E-state index is 12.5. The van der Waals surface area contributed by atoms with Crippen LogP contribution in [0.15, 0.2) is 79.0 Å². The summed E-state index contributed by atoms with van der Waals surface area (Å²) >= 11 is 0. The molecule has 0 radical (unpaired) electrons. The molecule has 1 heterocycles. The number of aromatic nitrogens is 1. The van der Waals surface area contributed by atoms with Gasteiger partial charge in [0.1, 0.15) is 12.9 Å². The van der Waals surface area contributed by atoms with Crippen LogP contribution < -0.4 is 5.32 Å². The molecule has 5 heteroatoms. The fourth-order valence-electron chi connectivity index (χ4n) is 4.46. The van der Waals surface area contributed by atoms with Crippen molar-refractivity contribution < 1.29 is 14.3 Å². The lowest BCUT2D eigenvalue weighted by molar-refractivity contribution is -0.109.